The van der Waals surface area contributed by atoms with Crippen LogP contribution in [0, 0.1) is 34.5 Å². The minimum Gasteiger partial charge on any atom is -0.306 e. The Kier molecular flexibility index (Phi) is 4.22. The van der Waals surface area contributed by atoms with Crippen LogP contribution in [0.2, 0.25) is 0 Å². The molecule has 4 rings (SSSR count). The van der Waals surface area contributed by atoms with E-state index in [1.807, 2.05) is 6.92 Å². The molecule has 2 heteroatoms. The molecule has 4 aliphatic rings. The molecule has 25 heavy (non-hydrogen) atoms. The first-order chi connectivity index (χ1) is 11.8. The second-order valence-corrected chi connectivity index (χ2v) is 10.4. The van der Waals surface area contributed by atoms with Crippen LogP contribution in [-0.2, 0) is 4.79 Å². The number of carbonyl (C=O) groups excluding carboxylic acids is 1. The summed E-state index contributed by atoms with van der Waals surface area (Å²) in [6, 6.07) is 0.735. The van der Waals surface area contributed by atoms with E-state index in [4.69, 9.17) is 0 Å². The lowest BCUT2D eigenvalue weighted by molar-refractivity contribution is -0.127. The molecule has 0 aromatic carbocycles. The van der Waals surface area contributed by atoms with Crippen LogP contribution >= 0.6 is 0 Å². The van der Waals surface area contributed by atoms with E-state index in [1.54, 1.807) is 5.57 Å². The lowest BCUT2D eigenvalue weighted by atomic mass is 9.47. The monoisotopic (exact) mass is 343 g/mol. The Morgan fingerprint density at radius 1 is 1.08 bits per heavy atom. The third-order valence-electron chi connectivity index (χ3n) is 9.30. The maximum atomic E-state index is 12.2. The van der Waals surface area contributed by atoms with Gasteiger partial charge < -0.3 is 4.90 Å². The van der Waals surface area contributed by atoms with Gasteiger partial charge >= 0.3 is 0 Å². The first-order valence-electron chi connectivity index (χ1n) is 10.6. The van der Waals surface area contributed by atoms with Gasteiger partial charge in [0.15, 0.2) is 0 Å². The highest BCUT2D eigenvalue weighted by Crippen LogP contribution is 2.66. The van der Waals surface area contributed by atoms with Crippen LogP contribution in [0.4, 0.5) is 0 Å². The molecule has 0 heterocycles. The quantitative estimate of drug-likeness (QED) is 0.651. The third-order valence-corrected chi connectivity index (χ3v) is 9.30. The molecule has 0 aliphatic heterocycles. The predicted octanol–water partition coefficient (Wildman–Crippen LogP) is 5.08. The van der Waals surface area contributed by atoms with Gasteiger partial charge in [0.1, 0.15) is 5.78 Å². The third kappa shape index (κ3) is 2.50. The summed E-state index contributed by atoms with van der Waals surface area (Å²) in [7, 11) is 4.48. The molecule has 3 fully saturated rings. The van der Waals surface area contributed by atoms with Gasteiger partial charge in [-0.25, -0.2) is 0 Å². The molecule has 2 nitrogen and oxygen atoms in total. The van der Waals surface area contributed by atoms with Crippen LogP contribution in [0.15, 0.2) is 11.6 Å². The van der Waals surface area contributed by atoms with Crippen LogP contribution in [-0.4, -0.2) is 30.8 Å². The zero-order valence-electron chi connectivity index (χ0n) is 17.0. The Balaban J connectivity index is 1.62. The zero-order valence-corrected chi connectivity index (χ0v) is 17.0. The predicted molar refractivity (Wildman–Crippen MR) is 103 cm³/mol. The van der Waals surface area contributed by atoms with Gasteiger partial charge in [0.25, 0.3) is 0 Å². The summed E-state index contributed by atoms with van der Waals surface area (Å²) in [5.41, 5.74) is 2.49. The van der Waals surface area contributed by atoms with E-state index in [9.17, 15) is 4.79 Å². The summed E-state index contributed by atoms with van der Waals surface area (Å²) in [5.74, 6) is 3.25. The number of ketones is 1. The Morgan fingerprint density at radius 3 is 2.52 bits per heavy atom. The molecule has 0 radical (unpaired) electrons. The summed E-state index contributed by atoms with van der Waals surface area (Å²) < 4.78 is 0. The molecule has 0 saturated heterocycles. The van der Waals surface area contributed by atoms with Gasteiger partial charge in [-0.15, -0.1) is 0 Å². The van der Waals surface area contributed by atoms with E-state index in [-0.39, 0.29) is 5.41 Å². The Bertz CT molecular complexity index is 593. The van der Waals surface area contributed by atoms with Crippen molar-refractivity contribution < 1.29 is 4.79 Å². The van der Waals surface area contributed by atoms with Crippen molar-refractivity contribution in [1.82, 2.24) is 4.90 Å². The van der Waals surface area contributed by atoms with Gasteiger partial charge in [-0.2, -0.15) is 0 Å². The molecule has 140 valence electrons. The van der Waals surface area contributed by atoms with Gasteiger partial charge in [-0.3, -0.25) is 4.79 Å². The van der Waals surface area contributed by atoms with Gasteiger partial charge in [0, 0.05) is 12.0 Å². The molecule has 0 aromatic heterocycles. The minimum absolute atomic E-state index is 0.287. The van der Waals surface area contributed by atoms with E-state index in [1.165, 1.54) is 44.9 Å². The molecule has 0 amide bonds. The number of carbonyl (C=O) groups is 1. The Labute approximate surface area is 154 Å². The van der Waals surface area contributed by atoms with Gasteiger partial charge in [-0.05, 0) is 101 Å². The second-order valence-electron chi connectivity index (χ2n) is 10.4. The second kappa shape index (κ2) is 5.94. The van der Waals surface area contributed by atoms with Crippen molar-refractivity contribution in [3.63, 3.8) is 0 Å². The average molecular weight is 344 g/mol. The SMILES string of the molecule is CC(=O)[C@@H]1CC[C@@H]2[C@@H]3CC=C4C[C@@H](N(C)C)CC[C@]4(C)[C@H]3CC[C@@]21C. The fraction of sp³-hybridized carbons (Fsp3) is 0.870. The van der Waals surface area contributed by atoms with E-state index >= 15 is 0 Å². The van der Waals surface area contributed by atoms with Gasteiger partial charge in [0.05, 0.1) is 0 Å². The van der Waals surface area contributed by atoms with Crippen LogP contribution in [0.5, 0.6) is 0 Å². The standard InChI is InChI=1S/C23H37NO/c1-15(25)19-8-9-20-18-7-6-16-14-17(24(4)5)10-12-22(16,2)21(18)11-13-23(19,20)3/h6,17-21H,7-14H2,1-5H3/t17-,18-,19-,20+,21-,22-,23+/m0/s1. The largest absolute Gasteiger partial charge is 0.306 e. The molecule has 0 aromatic rings. The van der Waals surface area contributed by atoms with Crippen LogP contribution in [0.25, 0.3) is 0 Å². The topological polar surface area (TPSA) is 20.3 Å². The molecular weight excluding hydrogens is 306 g/mol. The fourth-order valence-electron chi connectivity index (χ4n) is 7.75. The molecule has 0 spiro atoms. The average Bonchev–Trinajstić information content (AvgIpc) is 2.91. The number of hydrogen-bond donors (Lipinski definition) is 0. The molecule has 0 bridgehead atoms. The van der Waals surface area contributed by atoms with E-state index in [0.29, 0.717) is 17.1 Å². The normalized spacial score (nSPS) is 49.2. The van der Waals surface area contributed by atoms with Crippen LogP contribution < -0.4 is 0 Å². The Hall–Kier alpha value is -0.630. The van der Waals surface area contributed by atoms with Crippen molar-refractivity contribution in [2.24, 2.45) is 34.5 Å². The number of hydrogen-bond acceptors (Lipinski definition) is 2. The molecule has 3 saturated carbocycles. The first-order valence-corrected chi connectivity index (χ1v) is 10.6. The smallest absolute Gasteiger partial charge is 0.133 e. The van der Waals surface area contributed by atoms with Crippen molar-refractivity contribution in [2.75, 3.05) is 14.1 Å². The lowest BCUT2D eigenvalue weighted by Crippen LogP contribution is -2.51. The maximum absolute atomic E-state index is 12.2. The number of allylic oxidation sites excluding steroid dienone is 1. The molecule has 0 N–H and O–H groups in total. The van der Waals surface area contributed by atoms with Gasteiger partial charge in [-0.1, -0.05) is 25.5 Å². The highest BCUT2D eigenvalue weighted by molar-refractivity contribution is 5.79. The summed E-state index contributed by atoms with van der Waals surface area (Å²) in [4.78, 5) is 14.7. The highest BCUT2D eigenvalue weighted by atomic mass is 16.1. The van der Waals surface area contributed by atoms with Crippen molar-refractivity contribution in [3.05, 3.63) is 11.6 Å². The highest BCUT2D eigenvalue weighted by Gasteiger charge is 2.59. The number of nitrogens with zero attached hydrogens (tertiary/aromatic N) is 1. The number of fused-ring (bicyclic) bond motifs is 5. The maximum Gasteiger partial charge on any atom is 0.133 e. The van der Waals surface area contributed by atoms with Crippen molar-refractivity contribution in [2.45, 2.75) is 78.2 Å². The van der Waals surface area contributed by atoms with E-state index in [0.717, 1.165) is 30.2 Å². The molecule has 0 unspecified atom stereocenters. The van der Waals surface area contributed by atoms with Crippen molar-refractivity contribution in [1.29, 1.82) is 0 Å². The lowest BCUT2D eigenvalue weighted by Gasteiger charge is -2.58. The van der Waals surface area contributed by atoms with Crippen LogP contribution in [0.1, 0.15) is 72.1 Å². The number of Topliss-reactive ketones (excluding diaryl/α,β-unsaturated/α-hetero) is 1. The van der Waals surface area contributed by atoms with Gasteiger partial charge in [0.2, 0.25) is 0 Å². The fourth-order valence-corrected chi connectivity index (χ4v) is 7.75. The van der Waals surface area contributed by atoms with Crippen LogP contribution in [0.3, 0.4) is 0 Å². The van der Waals surface area contributed by atoms with Crippen molar-refractivity contribution >= 4 is 5.78 Å². The van der Waals surface area contributed by atoms with E-state index in [2.05, 4.69) is 38.9 Å². The summed E-state index contributed by atoms with van der Waals surface area (Å²) in [6.45, 7) is 6.88. The minimum atomic E-state index is 0.287. The molecule has 4 aliphatic carbocycles. The summed E-state index contributed by atoms with van der Waals surface area (Å²) in [5, 5.41) is 0. The Morgan fingerprint density at radius 2 is 1.84 bits per heavy atom. The number of rotatable bonds is 2. The van der Waals surface area contributed by atoms with E-state index < -0.39 is 0 Å². The summed E-state index contributed by atoms with van der Waals surface area (Å²) >= 11 is 0. The summed E-state index contributed by atoms with van der Waals surface area (Å²) in [6.07, 6.45) is 13.0. The molecular formula is C23H37NO. The first kappa shape index (κ1) is 17.8. The van der Waals surface area contributed by atoms with Crippen molar-refractivity contribution in [3.8, 4) is 0 Å². The zero-order chi connectivity index (χ0) is 18.0. The molecule has 7 atom stereocenters.